The summed E-state index contributed by atoms with van der Waals surface area (Å²) in [6.45, 7) is 0. The maximum absolute atomic E-state index is 9.69. The normalized spacial score (nSPS) is 10.7. The molecular formula is C38H31NO3. The van der Waals surface area contributed by atoms with Crippen LogP contribution < -0.4 is 14.4 Å². The van der Waals surface area contributed by atoms with Gasteiger partial charge in [0.15, 0.2) is 0 Å². The second-order valence-corrected chi connectivity index (χ2v) is 9.98. The van der Waals surface area contributed by atoms with E-state index in [1.807, 2.05) is 36.4 Å². The Morgan fingerprint density at radius 2 is 0.595 bits per heavy atom. The highest BCUT2D eigenvalue weighted by atomic mass is 16.5. The molecule has 206 valence electrons. The Hall–Kier alpha value is -5.48. The minimum Gasteiger partial charge on any atom is -0.508 e. The summed E-state index contributed by atoms with van der Waals surface area (Å²) in [4.78, 5) is 2.26. The number of hydrogen-bond donors (Lipinski definition) is 1. The van der Waals surface area contributed by atoms with Crippen molar-refractivity contribution in [1.82, 2.24) is 0 Å². The lowest BCUT2D eigenvalue weighted by atomic mass is 10.0. The summed E-state index contributed by atoms with van der Waals surface area (Å²) >= 11 is 0. The number of nitrogens with zero attached hydrogens (tertiary/aromatic N) is 1. The van der Waals surface area contributed by atoms with Crippen molar-refractivity contribution >= 4 is 17.1 Å². The Morgan fingerprint density at radius 1 is 0.357 bits per heavy atom. The molecule has 0 spiro atoms. The van der Waals surface area contributed by atoms with Crippen LogP contribution in [0.15, 0.2) is 146 Å². The predicted octanol–water partition coefficient (Wildman–Crippen LogP) is 9.88. The molecule has 0 heterocycles. The van der Waals surface area contributed by atoms with E-state index < -0.39 is 0 Å². The fourth-order valence-corrected chi connectivity index (χ4v) is 5.08. The monoisotopic (exact) mass is 549 g/mol. The number of methoxy groups -OCH3 is 2. The van der Waals surface area contributed by atoms with Gasteiger partial charge in [-0.1, -0.05) is 72.8 Å². The maximum Gasteiger partial charge on any atom is 0.118 e. The van der Waals surface area contributed by atoms with Crippen LogP contribution >= 0.6 is 0 Å². The first kappa shape index (κ1) is 26.7. The van der Waals surface area contributed by atoms with Crippen molar-refractivity contribution in [2.24, 2.45) is 0 Å². The van der Waals surface area contributed by atoms with Gasteiger partial charge in [0.05, 0.1) is 14.2 Å². The van der Waals surface area contributed by atoms with E-state index in [0.29, 0.717) is 0 Å². The Kier molecular flexibility index (Phi) is 7.60. The van der Waals surface area contributed by atoms with Crippen molar-refractivity contribution in [1.29, 1.82) is 0 Å². The molecule has 0 aromatic heterocycles. The molecule has 0 amide bonds. The van der Waals surface area contributed by atoms with E-state index in [2.05, 4.69) is 102 Å². The van der Waals surface area contributed by atoms with E-state index >= 15 is 0 Å². The fourth-order valence-electron chi connectivity index (χ4n) is 5.08. The number of phenolic OH excluding ortho intramolecular Hbond substituents is 1. The number of rotatable bonds is 8. The third kappa shape index (κ3) is 5.70. The highest BCUT2D eigenvalue weighted by molar-refractivity contribution is 5.81. The largest absolute Gasteiger partial charge is 0.508 e. The van der Waals surface area contributed by atoms with Crippen LogP contribution in [-0.2, 0) is 0 Å². The van der Waals surface area contributed by atoms with Gasteiger partial charge < -0.3 is 19.5 Å². The van der Waals surface area contributed by atoms with E-state index in [1.165, 1.54) is 0 Å². The van der Waals surface area contributed by atoms with Gasteiger partial charge in [0.25, 0.3) is 0 Å². The summed E-state index contributed by atoms with van der Waals surface area (Å²) in [5, 5.41) is 9.69. The Labute approximate surface area is 246 Å². The average molecular weight is 550 g/mol. The summed E-state index contributed by atoms with van der Waals surface area (Å²) in [6, 6.07) is 49.3. The van der Waals surface area contributed by atoms with Crippen LogP contribution in [0, 0.1) is 0 Å². The Balaban J connectivity index is 1.35. The van der Waals surface area contributed by atoms with Crippen molar-refractivity contribution in [2.45, 2.75) is 0 Å². The summed E-state index contributed by atoms with van der Waals surface area (Å²) < 4.78 is 10.6. The number of benzene rings is 6. The Bertz CT molecular complexity index is 1650. The molecule has 4 nitrogen and oxygen atoms in total. The van der Waals surface area contributed by atoms with Gasteiger partial charge in [0.1, 0.15) is 17.2 Å². The first-order valence-electron chi connectivity index (χ1n) is 13.8. The molecule has 0 aliphatic heterocycles. The minimum absolute atomic E-state index is 0.262. The van der Waals surface area contributed by atoms with Crippen molar-refractivity contribution in [3.05, 3.63) is 146 Å². The zero-order valence-electron chi connectivity index (χ0n) is 23.6. The van der Waals surface area contributed by atoms with E-state index in [4.69, 9.17) is 9.47 Å². The van der Waals surface area contributed by atoms with Crippen molar-refractivity contribution in [2.75, 3.05) is 19.1 Å². The third-order valence-corrected chi connectivity index (χ3v) is 7.42. The molecule has 6 aromatic carbocycles. The van der Waals surface area contributed by atoms with Gasteiger partial charge >= 0.3 is 0 Å². The lowest BCUT2D eigenvalue weighted by molar-refractivity contribution is 0.415. The molecule has 0 aliphatic rings. The van der Waals surface area contributed by atoms with Crippen LogP contribution in [-0.4, -0.2) is 19.3 Å². The molecule has 0 saturated heterocycles. The van der Waals surface area contributed by atoms with Gasteiger partial charge in [-0.3, -0.25) is 0 Å². The van der Waals surface area contributed by atoms with Crippen LogP contribution in [0.5, 0.6) is 17.2 Å². The Morgan fingerprint density at radius 3 is 0.857 bits per heavy atom. The maximum atomic E-state index is 9.69. The third-order valence-electron chi connectivity index (χ3n) is 7.42. The second kappa shape index (κ2) is 11.9. The van der Waals surface area contributed by atoms with Gasteiger partial charge in [-0.05, 0) is 106 Å². The van der Waals surface area contributed by atoms with Crippen LogP contribution in [0.3, 0.4) is 0 Å². The van der Waals surface area contributed by atoms with Gasteiger partial charge in [0.2, 0.25) is 0 Å². The lowest BCUT2D eigenvalue weighted by Gasteiger charge is -2.26. The molecule has 0 bridgehead atoms. The zero-order valence-corrected chi connectivity index (χ0v) is 23.6. The van der Waals surface area contributed by atoms with Crippen molar-refractivity contribution < 1.29 is 14.6 Å². The van der Waals surface area contributed by atoms with E-state index in [0.717, 1.165) is 61.9 Å². The van der Waals surface area contributed by atoms with Crippen LogP contribution in [0.25, 0.3) is 33.4 Å². The molecule has 0 unspecified atom stereocenters. The summed E-state index contributed by atoms with van der Waals surface area (Å²) in [6.07, 6.45) is 0. The van der Waals surface area contributed by atoms with Gasteiger partial charge in [0, 0.05) is 17.1 Å². The topological polar surface area (TPSA) is 41.9 Å². The van der Waals surface area contributed by atoms with Crippen molar-refractivity contribution in [3.8, 4) is 50.6 Å². The molecule has 0 aliphatic carbocycles. The first-order chi connectivity index (χ1) is 20.6. The molecule has 0 saturated carbocycles. The standard InChI is InChI=1S/C38H31NO3/c1-41-37-23-11-31(12-24-37)28-5-17-34(18-6-28)39(33-15-3-27(4-16-33)30-9-21-36(40)22-10-30)35-19-7-29(8-20-35)32-13-25-38(42-2)26-14-32/h3-26,40H,1-2H3. The zero-order chi connectivity index (χ0) is 28.9. The fraction of sp³-hybridized carbons (Fsp3) is 0.0526. The van der Waals surface area contributed by atoms with Gasteiger partial charge in [-0.15, -0.1) is 0 Å². The first-order valence-corrected chi connectivity index (χ1v) is 13.8. The molecule has 0 fully saturated rings. The SMILES string of the molecule is COc1ccc(-c2ccc(N(c3ccc(-c4ccc(O)cc4)cc3)c3ccc(-c4ccc(OC)cc4)cc3)cc2)cc1. The molecule has 0 atom stereocenters. The van der Waals surface area contributed by atoms with Crippen LogP contribution in [0.2, 0.25) is 0 Å². The van der Waals surface area contributed by atoms with E-state index in [-0.39, 0.29) is 5.75 Å². The molecular weight excluding hydrogens is 518 g/mol. The quantitative estimate of drug-likeness (QED) is 0.205. The van der Waals surface area contributed by atoms with Gasteiger partial charge in [-0.2, -0.15) is 0 Å². The highest BCUT2D eigenvalue weighted by Gasteiger charge is 2.14. The van der Waals surface area contributed by atoms with Crippen LogP contribution in [0.4, 0.5) is 17.1 Å². The molecule has 4 heteroatoms. The number of hydrogen-bond acceptors (Lipinski definition) is 4. The molecule has 1 N–H and O–H groups in total. The minimum atomic E-state index is 0.262. The number of aromatic hydroxyl groups is 1. The summed E-state index contributed by atoms with van der Waals surface area (Å²) in [5.74, 6) is 1.95. The molecule has 0 radical (unpaired) electrons. The summed E-state index contributed by atoms with van der Waals surface area (Å²) in [7, 11) is 3.36. The number of ether oxygens (including phenoxy) is 2. The van der Waals surface area contributed by atoms with Crippen LogP contribution in [0.1, 0.15) is 0 Å². The molecule has 6 aromatic rings. The van der Waals surface area contributed by atoms with Gasteiger partial charge in [-0.25, -0.2) is 0 Å². The summed E-state index contributed by atoms with van der Waals surface area (Å²) in [5.41, 5.74) is 9.85. The highest BCUT2D eigenvalue weighted by Crippen LogP contribution is 2.38. The average Bonchev–Trinajstić information content (AvgIpc) is 3.06. The molecule has 6 rings (SSSR count). The molecule has 42 heavy (non-hydrogen) atoms. The predicted molar refractivity (Wildman–Crippen MR) is 172 cm³/mol. The van der Waals surface area contributed by atoms with Crippen molar-refractivity contribution in [3.63, 3.8) is 0 Å². The lowest BCUT2D eigenvalue weighted by Crippen LogP contribution is -2.09. The smallest absolute Gasteiger partial charge is 0.118 e. The number of phenols is 1. The second-order valence-electron chi connectivity index (χ2n) is 9.98. The van der Waals surface area contributed by atoms with E-state index in [9.17, 15) is 5.11 Å². The number of anilines is 3. The van der Waals surface area contributed by atoms with E-state index in [1.54, 1.807) is 26.4 Å².